The van der Waals surface area contributed by atoms with Crippen LogP contribution in [-0.4, -0.2) is 56.3 Å². The third kappa shape index (κ3) is 6.11. The minimum absolute atomic E-state index is 0.220. The minimum atomic E-state index is -0.628. The zero-order chi connectivity index (χ0) is 23.9. The first-order valence-corrected chi connectivity index (χ1v) is 13.1. The molecule has 7 heteroatoms. The van der Waals surface area contributed by atoms with Crippen LogP contribution in [0.5, 0.6) is 5.75 Å². The largest absolute Gasteiger partial charge is 0.491 e. The van der Waals surface area contributed by atoms with Crippen molar-refractivity contribution >= 4 is 11.8 Å². The second-order valence-electron chi connectivity index (χ2n) is 8.72. The molecule has 0 bridgehead atoms. The Bertz CT molecular complexity index is 1190. The van der Waals surface area contributed by atoms with Gasteiger partial charge in [0.25, 0.3) is 0 Å². The molecule has 6 nitrogen and oxygen atoms in total. The normalized spacial score (nSPS) is 14.8. The van der Waals surface area contributed by atoms with E-state index in [1.165, 1.54) is 30.2 Å². The topological polar surface area (TPSA) is 63.4 Å². The van der Waals surface area contributed by atoms with E-state index in [1.807, 2.05) is 60.7 Å². The SMILES string of the molecule is OC(COc1ccc(-c2ccccc2)cc1)CSc1nnc(CN2CCCC2)n1-c1ccccc1. The molecule has 1 atom stereocenters. The van der Waals surface area contributed by atoms with Gasteiger partial charge in [-0.1, -0.05) is 72.4 Å². The average molecular weight is 487 g/mol. The van der Waals surface area contributed by atoms with E-state index in [0.717, 1.165) is 47.6 Å². The molecule has 4 aromatic rings. The van der Waals surface area contributed by atoms with Crippen LogP contribution in [0.2, 0.25) is 0 Å². The second-order valence-corrected chi connectivity index (χ2v) is 9.71. The Hall–Kier alpha value is -3.13. The summed E-state index contributed by atoms with van der Waals surface area (Å²) in [4.78, 5) is 2.42. The highest BCUT2D eigenvalue weighted by atomic mass is 32.2. The molecule has 1 saturated heterocycles. The standard InChI is InChI=1S/C28H30N4O2S/c33-25(20-34-26-15-13-23(14-16-26)22-9-3-1-4-10-22)21-35-28-30-29-27(19-31-17-7-8-18-31)32(28)24-11-5-2-6-12-24/h1-6,9-16,25,33H,7-8,17-21H2. The summed E-state index contributed by atoms with van der Waals surface area (Å²) in [6.07, 6.45) is 1.85. The number of aliphatic hydroxyl groups is 1. The van der Waals surface area contributed by atoms with Crippen LogP contribution in [0, 0.1) is 0 Å². The molecule has 1 aromatic heterocycles. The molecule has 1 fully saturated rings. The number of aromatic nitrogens is 3. The lowest BCUT2D eigenvalue weighted by Crippen LogP contribution is -2.21. The summed E-state index contributed by atoms with van der Waals surface area (Å²) in [5.41, 5.74) is 3.35. The molecule has 5 rings (SSSR count). The number of likely N-dealkylation sites (tertiary alicyclic amines) is 1. The predicted molar refractivity (Wildman–Crippen MR) is 140 cm³/mol. The Morgan fingerprint density at radius 1 is 0.829 bits per heavy atom. The van der Waals surface area contributed by atoms with Crippen molar-refractivity contribution in [2.24, 2.45) is 0 Å². The van der Waals surface area contributed by atoms with Gasteiger partial charge in [0, 0.05) is 11.4 Å². The number of aliphatic hydroxyl groups excluding tert-OH is 1. The van der Waals surface area contributed by atoms with Crippen molar-refractivity contribution in [1.29, 1.82) is 0 Å². The van der Waals surface area contributed by atoms with E-state index in [1.54, 1.807) is 0 Å². The van der Waals surface area contributed by atoms with E-state index in [0.29, 0.717) is 5.75 Å². The summed E-state index contributed by atoms with van der Waals surface area (Å²) in [6, 6.07) is 28.4. The Morgan fingerprint density at radius 3 is 2.20 bits per heavy atom. The molecule has 3 aromatic carbocycles. The molecule has 0 spiro atoms. The summed E-state index contributed by atoms with van der Waals surface area (Å²) >= 11 is 1.50. The molecule has 0 saturated carbocycles. The van der Waals surface area contributed by atoms with Crippen molar-refractivity contribution in [3.8, 4) is 22.6 Å². The number of hydrogen-bond acceptors (Lipinski definition) is 6. The molecular weight excluding hydrogens is 456 g/mol. The highest BCUT2D eigenvalue weighted by molar-refractivity contribution is 7.99. The van der Waals surface area contributed by atoms with Crippen LogP contribution in [-0.2, 0) is 6.54 Å². The molecule has 1 aliphatic heterocycles. The quantitative estimate of drug-likeness (QED) is 0.316. The van der Waals surface area contributed by atoms with Crippen LogP contribution in [0.3, 0.4) is 0 Å². The van der Waals surface area contributed by atoms with Crippen molar-refractivity contribution < 1.29 is 9.84 Å². The summed E-state index contributed by atoms with van der Waals surface area (Å²) in [7, 11) is 0. The third-order valence-corrected chi connectivity index (χ3v) is 7.16. The molecule has 0 amide bonds. The fourth-order valence-corrected chi connectivity index (χ4v) is 5.13. The van der Waals surface area contributed by atoms with E-state index in [2.05, 4.69) is 43.9 Å². The van der Waals surface area contributed by atoms with Crippen molar-refractivity contribution in [3.05, 3.63) is 90.8 Å². The van der Waals surface area contributed by atoms with Gasteiger partial charge < -0.3 is 9.84 Å². The number of ether oxygens (including phenoxy) is 1. The van der Waals surface area contributed by atoms with Crippen LogP contribution >= 0.6 is 11.8 Å². The van der Waals surface area contributed by atoms with E-state index >= 15 is 0 Å². The van der Waals surface area contributed by atoms with Gasteiger partial charge in [0.1, 0.15) is 12.4 Å². The lowest BCUT2D eigenvalue weighted by atomic mass is 10.1. The summed E-state index contributed by atoms with van der Waals surface area (Å²) < 4.78 is 7.95. The van der Waals surface area contributed by atoms with Gasteiger partial charge in [-0.25, -0.2) is 0 Å². The molecule has 1 unspecified atom stereocenters. The smallest absolute Gasteiger partial charge is 0.195 e. The van der Waals surface area contributed by atoms with Crippen molar-refractivity contribution in [2.45, 2.75) is 30.6 Å². The van der Waals surface area contributed by atoms with E-state index in [4.69, 9.17) is 4.74 Å². The predicted octanol–water partition coefficient (Wildman–Crippen LogP) is 5.06. The van der Waals surface area contributed by atoms with E-state index < -0.39 is 6.10 Å². The van der Waals surface area contributed by atoms with Crippen LogP contribution in [0.4, 0.5) is 0 Å². The van der Waals surface area contributed by atoms with Crippen LogP contribution in [0.15, 0.2) is 90.1 Å². The lowest BCUT2D eigenvalue weighted by Gasteiger charge is -2.16. The van der Waals surface area contributed by atoms with Crippen molar-refractivity contribution in [3.63, 3.8) is 0 Å². The maximum atomic E-state index is 10.6. The molecule has 180 valence electrons. The molecule has 2 heterocycles. The van der Waals surface area contributed by atoms with Crippen LogP contribution in [0.1, 0.15) is 18.7 Å². The van der Waals surface area contributed by atoms with Gasteiger partial charge in [-0.05, 0) is 61.3 Å². The van der Waals surface area contributed by atoms with Gasteiger partial charge in [0.2, 0.25) is 0 Å². The molecule has 1 aliphatic rings. The number of rotatable bonds is 10. The van der Waals surface area contributed by atoms with Gasteiger partial charge >= 0.3 is 0 Å². The highest BCUT2D eigenvalue weighted by Crippen LogP contribution is 2.25. The number of hydrogen-bond donors (Lipinski definition) is 1. The first-order chi connectivity index (χ1) is 17.3. The lowest BCUT2D eigenvalue weighted by molar-refractivity contribution is 0.126. The Kier molecular flexibility index (Phi) is 7.78. The number of benzene rings is 3. The third-order valence-electron chi connectivity index (χ3n) is 6.09. The number of nitrogens with zero attached hydrogens (tertiary/aromatic N) is 4. The van der Waals surface area contributed by atoms with Crippen LogP contribution in [0.25, 0.3) is 16.8 Å². The number of thioether (sulfide) groups is 1. The Balaban J connectivity index is 1.19. The van der Waals surface area contributed by atoms with Gasteiger partial charge in [-0.15, -0.1) is 10.2 Å². The maximum Gasteiger partial charge on any atom is 0.195 e. The molecular formula is C28H30N4O2S. The van der Waals surface area contributed by atoms with E-state index in [-0.39, 0.29) is 6.61 Å². The summed E-state index contributed by atoms with van der Waals surface area (Å²) in [5, 5.41) is 20.3. The molecule has 0 aliphatic carbocycles. The Morgan fingerprint density at radius 2 is 1.49 bits per heavy atom. The average Bonchev–Trinajstić information content (AvgIpc) is 3.58. The van der Waals surface area contributed by atoms with E-state index in [9.17, 15) is 5.11 Å². The Labute approximate surface area is 210 Å². The molecule has 1 N–H and O–H groups in total. The first kappa shape index (κ1) is 23.6. The van der Waals surface area contributed by atoms with Gasteiger partial charge in [0.05, 0.1) is 12.6 Å². The molecule has 35 heavy (non-hydrogen) atoms. The zero-order valence-electron chi connectivity index (χ0n) is 19.7. The maximum absolute atomic E-state index is 10.6. The summed E-state index contributed by atoms with van der Waals surface area (Å²) in [6.45, 7) is 3.21. The molecule has 0 radical (unpaired) electrons. The first-order valence-electron chi connectivity index (χ1n) is 12.1. The van der Waals surface area contributed by atoms with Crippen molar-refractivity contribution in [2.75, 3.05) is 25.4 Å². The van der Waals surface area contributed by atoms with Crippen LogP contribution < -0.4 is 4.74 Å². The van der Waals surface area contributed by atoms with Gasteiger partial charge in [-0.2, -0.15) is 0 Å². The number of para-hydroxylation sites is 1. The zero-order valence-corrected chi connectivity index (χ0v) is 20.5. The summed E-state index contributed by atoms with van der Waals surface area (Å²) in [5.74, 6) is 2.15. The minimum Gasteiger partial charge on any atom is -0.491 e. The monoisotopic (exact) mass is 486 g/mol. The fourth-order valence-electron chi connectivity index (χ4n) is 4.26. The fraction of sp³-hybridized carbons (Fsp3) is 0.286. The van der Waals surface area contributed by atoms with Crippen molar-refractivity contribution in [1.82, 2.24) is 19.7 Å². The van der Waals surface area contributed by atoms with Gasteiger partial charge in [0.15, 0.2) is 11.0 Å². The highest BCUT2D eigenvalue weighted by Gasteiger charge is 2.20. The second kappa shape index (κ2) is 11.5. The van der Waals surface area contributed by atoms with Gasteiger partial charge in [-0.3, -0.25) is 9.47 Å².